The Kier molecular flexibility index (Phi) is 7.00. The lowest BCUT2D eigenvalue weighted by Gasteiger charge is -2.16. The van der Waals surface area contributed by atoms with Crippen LogP contribution < -0.4 is 11.1 Å². The molecule has 1 aliphatic rings. The minimum Gasteiger partial charge on any atom is -0.459 e. The first-order chi connectivity index (χ1) is 9.59. The van der Waals surface area contributed by atoms with Crippen LogP contribution in [0.5, 0.6) is 0 Å². The van der Waals surface area contributed by atoms with Gasteiger partial charge in [-0.25, -0.2) is 0 Å². The van der Waals surface area contributed by atoms with Gasteiger partial charge in [-0.2, -0.15) is 0 Å². The van der Waals surface area contributed by atoms with E-state index in [0.29, 0.717) is 30.9 Å². The number of carbonyl (C=O) groups excluding carboxylic acids is 1. The first-order valence-electron chi connectivity index (χ1n) is 6.94. The Balaban J connectivity index is 0.00000220. The van der Waals surface area contributed by atoms with Gasteiger partial charge in [0, 0.05) is 31.7 Å². The molecule has 2 rings (SSSR count). The van der Waals surface area contributed by atoms with Gasteiger partial charge in [0.05, 0.1) is 6.26 Å². The average Bonchev–Trinajstić information content (AvgIpc) is 3.19. The summed E-state index contributed by atoms with van der Waals surface area (Å²) in [6.07, 6.45) is 4.67. The zero-order valence-corrected chi connectivity index (χ0v) is 14.8. The molecule has 21 heavy (non-hydrogen) atoms. The minimum absolute atomic E-state index is 0. The molecule has 0 spiro atoms. The van der Waals surface area contributed by atoms with E-state index in [2.05, 4.69) is 10.3 Å². The van der Waals surface area contributed by atoms with Crippen LogP contribution in [-0.2, 0) is 0 Å². The Morgan fingerprint density at radius 3 is 2.86 bits per heavy atom. The number of halogens is 1. The number of hydrogen-bond acceptors (Lipinski definition) is 3. The van der Waals surface area contributed by atoms with Crippen LogP contribution in [0.4, 0.5) is 0 Å². The molecule has 0 aromatic carbocycles. The number of amides is 1. The van der Waals surface area contributed by atoms with Gasteiger partial charge in [0.2, 0.25) is 0 Å². The number of nitrogens with zero attached hydrogens (tertiary/aromatic N) is 2. The van der Waals surface area contributed by atoms with Crippen molar-refractivity contribution in [2.24, 2.45) is 10.7 Å². The SMILES string of the molecule is Cc1ccoc1C(=O)NCCCN=C(N)N(C)C1CC1.I. The number of aliphatic imine (C=N–C) groups is 1. The van der Waals surface area contributed by atoms with Crippen molar-refractivity contribution in [3.63, 3.8) is 0 Å². The van der Waals surface area contributed by atoms with Gasteiger partial charge in [0.1, 0.15) is 0 Å². The fourth-order valence-electron chi connectivity index (χ4n) is 1.92. The van der Waals surface area contributed by atoms with E-state index in [9.17, 15) is 4.79 Å². The molecule has 1 aliphatic carbocycles. The molecule has 0 bridgehead atoms. The van der Waals surface area contributed by atoms with Crippen LogP contribution in [0.1, 0.15) is 35.4 Å². The van der Waals surface area contributed by atoms with E-state index in [1.165, 1.54) is 19.1 Å². The number of guanidine groups is 1. The van der Waals surface area contributed by atoms with E-state index in [0.717, 1.165) is 12.0 Å². The molecule has 6 nitrogen and oxygen atoms in total. The van der Waals surface area contributed by atoms with Crippen molar-refractivity contribution in [3.05, 3.63) is 23.7 Å². The molecule has 118 valence electrons. The van der Waals surface area contributed by atoms with E-state index in [-0.39, 0.29) is 29.9 Å². The maximum absolute atomic E-state index is 11.8. The molecule has 1 fully saturated rings. The normalized spacial score (nSPS) is 14.5. The molecule has 1 aromatic heterocycles. The second-order valence-electron chi connectivity index (χ2n) is 5.12. The lowest BCUT2D eigenvalue weighted by Crippen LogP contribution is -2.36. The van der Waals surface area contributed by atoms with Gasteiger partial charge in [-0.05, 0) is 32.3 Å². The summed E-state index contributed by atoms with van der Waals surface area (Å²) < 4.78 is 5.12. The highest BCUT2D eigenvalue weighted by atomic mass is 127. The van der Waals surface area contributed by atoms with Gasteiger partial charge in [0.15, 0.2) is 11.7 Å². The van der Waals surface area contributed by atoms with Gasteiger partial charge in [-0.15, -0.1) is 24.0 Å². The highest BCUT2D eigenvalue weighted by Crippen LogP contribution is 2.24. The fourth-order valence-corrected chi connectivity index (χ4v) is 1.92. The van der Waals surface area contributed by atoms with Crippen LogP contribution in [0, 0.1) is 6.92 Å². The molecule has 0 unspecified atom stereocenters. The van der Waals surface area contributed by atoms with E-state index in [1.807, 2.05) is 18.9 Å². The van der Waals surface area contributed by atoms with Crippen molar-refractivity contribution in [2.75, 3.05) is 20.1 Å². The third-order valence-corrected chi connectivity index (χ3v) is 3.42. The van der Waals surface area contributed by atoms with Gasteiger partial charge in [-0.3, -0.25) is 9.79 Å². The summed E-state index contributed by atoms with van der Waals surface area (Å²) in [4.78, 5) is 18.1. The average molecular weight is 406 g/mol. The highest BCUT2D eigenvalue weighted by Gasteiger charge is 2.27. The van der Waals surface area contributed by atoms with Crippen molar-refractivity contribution in [1.82, 2.24) is 10.2 Å². The standard InChI is InChI=1S/C14H22N4O2.HI/c1-10-6-9-20-12(10)13(19)16-7-3-8-17-14(15)18(2)11-4-5-11;/h6,9,11H,3-5,7-8H2,1-2H3,(H2,15,17)(H,16,19);1H. The molecule has 0 saturated heterocycles. The van der Waals surface area contributed by atoms with E-state index in [1.54, 1.807) is 6.07 Å². The zero-order chi connectivity index (χ0) is 14.5. The molecule has 0 aliphatic heterocycles. The van der Waals surface area contributed by atoms with Crippen LogP contribution in [-0.4, -0.2) is 42.9 Å². The van der Waals surface area contributed by atoms with E-state index < -0.39 is 0 Å². The predicted molar refractivity (Wildman–Crippen MR) is 93.1 cm³/mol. The molecule has 0 atom stereocenters. The molecular formula is C14H23IN4O2. The quantitative estimate of drug-likeness (QED) is 0.326. The van der Waals surface area contributed by atoms with E-state index >= 15 is 0 Å². The Bertz CT molecular complexity index is 497. The van der Waals surface area contributed by atoms with Crippen LogP contribution in [0.25, 0.3) is 0 Å². The Morgan fingerprint density at radius 2 is 2.29 bits per heavy atom. The smallest absolute Gasteiger partial charge is 0.287 e. The molecule has 0 radical (unpaired) electrons. The molecule has 1 amide bonds. The number of nitrogens with two attached hydrogens (primary N) is 1. The summed E-state index contributed by atoms with van der Waals surface area (Å²) in [7, 11) is 1.97. The predicted octanol–water partition coefficient (Wildman–Crippen LogP) is 1.73. The molecule has 1 aromatic rings. The first kappa shape index (κ1) is 17.8. The Labute approximate surface area is 142 Å². The van der Waals surface area contributed by atoms with Gasteiger partial charge in [0.25, 0.3) is 5.91 Å². The maximum Gasteiger partial charge on any atom is 0.287 e. The lowest BCUT2D eigenvalue weighted by molar-refractivity contribution is 0.0925. The van der Waals surface area contributed by atoms with Gasteiger partial charge >= 0.3 is 0 Å². The van der Waals surface area contributed by atoms with Crippen LogP contribution in [0.2, 0.25) is 0 Å². The second kappa shape index (κ2) is 8.26. The monoisotopic (exact) mass is 406 g/mol. The third kappa shape index (κ3) is 5.22. The van der Waals surface area contributed by atoms with Crippen molar-refractivity contribution in [1.29, 1.82) is 0 Å². The highest BCUT2D eigenvalue weighted by molar-refractivity contribution is 14.0. The molecule has 7 heteroatoms. The fraction of sp³-hybridized carbons (Fsp3) is 0.571. The van der Waals surface area contributed by atoms with Crippen molar-refractivity contribution in [2.45, 2.75) is 32.2 Å². The van der Waals surface area contributed by atoms with Gasteiger partial charge in [-0.1, -0.05) is 0 Å². The van der Waals surface area contributed by atoms with Crippen molar-refractivity contribution >= 4 is 35.8 Å². The first-order valence-corrected chi connectivity index (χ1v) is 6.94. The molecular weight excluding hydrogens is 383 g/mol. The summed E-state index contributed by atoms with van der Waals surface area (Å²) in [6, 6.07) is 2.34. The molecule has 1 saturated carbocycles. The van der Waals surface area contributed by atoms with Crippen molar-refractivity contribution < 1.29 is 9.21 Å². The summed E-state index contributed by atoms with van der Waals surface area (Å²) >= 11 is 0. The van der Waals surface area contributed by atoms with Crippen LogP contribution in [0.3, 0.4) is 0 Å². The number of carbonyl (C=O) groups is 1. The van der Waals surface area contributed by atoms with Crippen LogP contribution in [0.15, 0.2) is 21.7 Å². The lowest BCUT2D eigenvalue weighted by atomic mass is 10.2. The molecule has 3 N–H and O–H groups in total. The summed E-state index contributed by atoms with van der Waals surface area (Å²) in [6.45, 7) is 3.01. The largest absolute Gasteiger partial charge is 0.459 e. The Morgan fingerprint density at radius 1 is 1.57 bits per heavy atom. The number of hydrogen-bond donors (Lipinski definition) is 2. The number of furan rings is 1. The second-order valence-corrected chi connectivity index (χ2v) is 5.12. The summed E-state index contributed by atoms with van der Waals surface area (Å²) in [5.74, 6) is 0.779. The van der Waals surface area contributed by atoms with Gasteiger partial charge < -0.3 is 20.4 Å². The minimum atomic E-state index is -0.181. The number of rotatable bonds is 6. The molecule has 1 heterocycles. The Hall–Kier alpha value is -1.25. The van der Waals surface area contributed by atoms with Crippen LogP contribution >= 0.6 is 24.0 Å². The maximum atomic E-state index is 11.8. The zero-order valence-electron chi connectivity index (χ0n) is 12.5. The topological polar surface area (TPSA) is 83.9 Å². The summed E-state index contributed by atoms with van der Waals surface area (Å²) in [5.41, 5.74) is 6.71. The third-order valence-electron chi connectivity index (χ3n) is 3.42. The van der Waals surface area contributed by atoms with E-state index in [4.69, 9.17) is 10.2 Å². The summed E-state index contributed by atoms with van der Waals surface area (Å²) in [5, 5.41) is 2.81. The number of nitrogens with one attached hydrogen (secondary N) is 1. The number of aryl methyl sites for hydroxylation is 1. The van der Waals surface area contributed by atoms with Crippen molar-refractivity contribution in [3.8, 4) is 0 Å².